The number of benzene rings is 2. The summed E-state index contributed by atoms with van der Waals surface area (Å²) in [4.78, 5) is 23.1. The third-order valence-corrected chi connectivity index (χ3v) is 12.3. The van der Waals surface area contributed by atoms with Crippen LogP contribution in [0.5, 0.6) is 11.5 Å². The van der Waals surface area contributed by atoms with Crippen LogP contribution in [0.25, 0.3) is 0 Å². The lowest BCUT2D eigenvalue weighted by molar-refractivity contribution is 0.237. The molecule has 2 aromatic carbocycles. The average molecular weight is 904 g/mol. The molecule has 0 bridgehead atoms. The number of nitrogens with zero attached hydrogens (tertiary/aromatic N) is 6. The summed E-state index contributed by atoms with van der Waals surface area (Å²) in [5.41, 5.74) is 12.0. The maximum Gasteiger partial charge on any atom is 0.229 e. The number of aryl methyl sites for hydroxylation is 2. The van der Waals surface area contributed by atoms with Gasteiger partial charge in [0.15, 0.2) is 0 Å². The summed E-state index contributed by atoms with van der Waals surface area (Å²) < 4.78 is 22.3. The molecule has 5 N–H and O–H groups in total. The number of nitrogens with one attached hydrogen (secondary N) is 3. The Morgan fingerprint density at radius 3 is 1.58 bits per heavy atom. The molecule has 14 nitrogen and oxygen atoms in total. The molecule has 2 saturated heterocycles. The fourth-order valence-electron chi connectivity index (χ4n) is 8.60. The zero-order valence-corrected chi connectivity index (χ0v) is 38.2. The molecule has 10 rings (SSSR count). The van der Waals surface area contributed by atoms with Crippen LogP contribution in [0.15, 0.2) is 94.2 Å². The minimum atomic E-state index is 0.317. The molecule has 6 heterocycles. The highest BCUT2D eigenvalue weighted by Gasteiger charge is 2.20. The molecule has 344 valence electrons. The van der Waals surface area contributed by atoms with Crippen molar-refractivity contribution in [3.63, 3.8) is 0 Å². The second kappa shape index (κ2) is 23.9. The number of anilines is 5. The molecule has 0 spiro atoms. The Morgan fingerprint density at radius 1 is 0.569 bits per heavy atom. The van der Waals surface area contributed by atoms with Gasteiger partial charge in [-0.05, 0) is 188 Å². The number of hydrogen-bond acceptors (Lipinski definition) is 14. The number of furan rings is 2. The fraction of sp³-hybridized carbons (Fsp3) is 0.440. The Hall–Kier alpha value is -5.83. The van der Waals surface area contributed by atoms with Crippen LogP contribution in [0.1, 0.15) is 85.4 Å². The Labute approximate surface area is 387 Å². The maximum absolute atomic E-state index is 5.96. The van der Waals surface area contributed by atoms with E-state index >= 15 is 0 Å². The highest BCUT2D eigenvalue weighted by atomic mass is 35.5. The molecule has 6 aromatic rings. The standard InChI is InChI=1S/C25H31N5O2.C13H14ClN3O.C12H18N2O/c1-2-8-23-22(7-1)24(26-18-21-6-5-16-31-21)29-25(28-23)27-19-9-11-20(12-10-19)32-17-15-30-13-3-4-14-30;14-13-16-11-6-2-1-5-10(11)12(17-13)15-8-9-4-3-7-18-9;13-11-3-5-12(6-4-11)15-10-9-14-7-1-2-8-14/h5-6,9-12,16H,1-4,7-8,13-15,17-18H2,(H2,26,27,28,29);3-4,7H,1-2,5-6,8H2,(H,15,16,17);3-6H,1-2,7-10,13H2. The van der Waals surface area contributed by atoms with E-state index < -0.39 is 0 Å². The van der Waals surface area contributed by atoms with Crippen LogP contribution >= 0.6 is 11.6 Å². The molecule has 0 radical (unpaired) electrons. The van der Waals surface area contributed by atoms with Gasteiger partial charge in [0.25, 0.3) is 0 Å². The van der Waals surface area contributed by atoms with Crippen LogP contribution < -0.4 is 31.2 Å². The second-order valence-corrected chi connectivity index (χ2v) is 17.2. The van der Waals surface area contributed by atoms with Crippen LogP contribution in [-0.2, 0) is 38.8 Å². The van der Waals surface area contributed by atoms with Crippen molar-refractivity contribution in [2.75, 3.05) is 74.2 Å². The molecule has 65 heavy (non-hydrogen) atoms. The predicted octanol–water partition coefficient (Wildman–Crippen LogP) is 9.74. The first kappa shape index (κ1) is 45.7. The van der Waals surface area contributed by atoms with Crippen molar-refractivity contribution in [2.24, 2.45) is 0 Å². The smallest absolute Gasteiger partial charge is 0.229 e. The third kappa shape index (κ3) is 14.1. The first-order valence-electron chi connectivity index (χ1n) is 23.4. The normalized spacial score (nSPS) is 15.7. The van der Waals surface area contributed by atoms with Gasteiger partial charge in [-0.1, -0.05) is 0 Å². The Balaban J connectivity index is 0.000000147. The summed E-state index contributed by atoms with van der Waals surface area (Å²) >= 11 is 5.96. The number of aromatic nitrogens is 4. The van der Waals surface area contributed by atoms with Crippen molar-refractivity contribution >= 4 is 40.6 Å². The average Bonchev–Trinajstić information content (AvgIpc) is 4.20. The molecule has 0 amide bonds. The maximum atomic E-state index is 5.96. The summed E-state index contributed by atoms with van der Waals surface area (Å²) in [6, 6.07) is 23.3. The SMILES string of the molecule is Clc1nc2c(c(NCc3ccco3)n1)CCCC2.Nc1ccc(OCCN2CCCC2)cc1.c1coc(CNc2nc(Nc3ccc(OCCN4CCCC4)cc3)nc3c2CCCC3)c1. The first-order valence-corrected chi connectivity index (χ1v) is 23.8. The van der Waals surface area contributed by atoms with Crippen molar-refractivity contribution in [1.29, 1.82) is 0 Å². The predicted molar refractivity (Wildman–Crippen MR) is 257 cm³/mol. The fourth-order valence-corrected chi connectivity index (χ4v) is 8.79. The lowest BCUT2D eigenvalue weighted by atomic mass is 9.96. The number of fused-ring (bicyclic) bond motifs is 2. The Morgan fingerprint density at radius 2 is 1.06 bits per heavy atom. The number of likely N-dealkylation sites (tertiary alicyclic amines) is 2. The van der Waals surface area contributed by atoms with E-state index in [9.17, 15) is 0 Å². The number of rotatable bonds is 16. The molecule has 4 aromatic heterocycles. The van der Waals surface area contributed by atoms with Gasteiger partial charge < -0.3 is 40.0 Å². The number of hydrogen-bond donors (Lipinski definition) is 4. The van der Waals surface area contributed by atoms with Gasteiger partial charge in [0.2, 0.25) is 11.2 Å². The van der Waals surface area contributed by atoms with Crippen LogP contribution in [-0.4, -0.2) is 82.2 Å². The van der Waals surface area contributed by atoms with Crippen LogP contribution in [0.2, 0.25) is 5.28 Å². The molecule has 0 saturated carbocycles. The molecule has 2 fully saturated rings. The van der Waals surface area contributed by atoms with Gasteiger partial charge in [-0.3, -0.25) is 9.80 Å². The van der Waals surface area contributed by atoms with E-state index in [1.165, 1.54) is 88.7 Å². The quantitative estimate of drug-likeness (QED) is 0.0536. The number of nitrogens with two attached hydrogens (primary N) is 1. The molecular weight excluding hydrogens is 840 g/mol. The summed E-state index contributed by atoms with van der Waals surface area (Å²) in [7, 11) is 0. The minimum Gasteiger partial charge on any atom is -0.492 e. The number of nitrogen functional groups attached to an aromatic ring is 1. The summed E-state index contributed by atoms with van der Waals surface area (Å²) in [5, 5.41) is 10.4. The Bertz CT molecular complexity index is 2320. The third-order valence-electron chi connectivity index (χ3n) is 12.1. The van der Waals surface area contributed by atoms with E-state index in [0.29, 0.717) is 24.3 Å². The molecule has 2 aliphatic heterocycles. The first-order chi connectivity index (χ1) is 32.0. The zero-order valence-electron chi connectivity index (χ0n) is 37.4. The molecule has 4 aliphatic rings. The topological polar surface area (TPSA) is 165 Å². The van der Waals surface area contributed by atoms with Crippen molar-refractivity contribution < 1.29 is 18.3 Å². The highest BCUT2D eigenvalue weighted by molar-refractivity contribution is 6.28. The number of ether oxygens (including phenoxy) is 2. The van der Waals surface area contributed by atoms with Crippen LogP contribution in [0, 0.1) is 0 Å². The lowest BCUT2D eigenvalue weighted by Gasteiger charge is -2.20. The van der Waals surface area contributed by atoms with Gasteiger partial charge in [-0.15, -0.1) is 0 Å². The highest BCUT2D eigenvalue weighted by Crippen LogP contribution is 2.30. The number of halogens is 1. The molecule has 0 atom stereocenters. The summed E-state index contributed by atoms with van der Waals surface area (Å²) in [5.74, 6) is 5.94. The van der Waals surface area contributed by atoms with E-state index in [0.717, 1.165) is 109 Å². The monoisotopic (exact) mass is 902 g/mol. The summed E-state index contributed by atoms with van der Waals surface area (Å²) in [6.07, 6.45) is 17.4. The Kier molecular flexibility index (Phi) is 16.8. The summed E-state index contributed by atoms with van der Waals surface area (Å²) in [6.45, 7) is 9.61. The van der Waals surface area contributed by atoms with Crippen molar-refractivity contribution in [2.45, 2.75) is 90.1 Å². The van der Waals surface area contributed by atoms with Crippen LogP contribution in [0.3, 0.4) is 0 Å². The largest absolute Gasteiger partial charge is 0.492 e. The second-order valence-electron chi connectivity index (χ2n) is 16.9. The zero-order chi connectivity index (χ0) is 44.5. The van der Waals surface area contributed by atoms with E-state index in [1.807, 2.05) is 72.8 Å². The van der Waals surface area contributed by atoms with Gasteiger partial charge in [-0.2, -0.15) is 4.98 Å². The van der Waals surface area contributed by atoms with Crippen molar-refractivity contribution in [3.8, 4) is 11.5 Å². The minimum absolute atomic E-state index is 0.317. The van der Waals surface area contributed by atoms with Crippen LogP contribution in [0.4, 0.5) is 29.0 Å². The van der Waals surface area contributed by atoms with Gasteiger partial charge in [0, 0.05) is 35.6 Å². The van der Waals surface area contributed by atoms with E-state index in [1.54, 1.807) is 12.5 Å². The molecular formula is C50H63ClN10O4. The molecule has 2 aliphatic carbocycles. The van der Waals surface area contributed by atoms with Gasteiger partial charge >= 0.3 is 0 Å². The van der Waals surface area contributed by atoms with E-state index in [-0.39, 0.29) is 0 Å². The van der Waals surface area contributed by atoms with Crippen molar-refractivity contribution in [3.05, 3.63) is 125 Å². The molecule has 15 heteroatoms. The van der Waals surface area contributed by atoms with E-state index in [2.05, 4.69) is 35.7 Å². The lowest BCUT2D eigenvalue weighted by Crippen LogP contribution is -2.25. The molecule has 0 unspecified atom stereocenters. The van der Waals surface area contributed by atoms with Gasteiger partial charge in [-0.25, -0.2) is 15.0 Å². The van der Waals surface area contributed by atoms with Gasteiger partial charge in [0.1, 0.15) is 47.9 Å². The van der Waals surface area contributed by atoms with Crippen molar-refractivity contribution in [1.82, 2.24) is 29.7 Å². The van der Waals surface area contributed by atoms with E-state index in [4.69, 9.17) is 45.6 Å². The van der Waals surface area contributed by atoms with Gasteiger partial charge in [0.05, 0.1) is 37.0 Å².